The fraction of sp³-hybridized carbons (Fsp3) is 0.250. The monoisotopic (exact) mass is 205 g/mol. The third kappa shape index (κ3) is 1.63. The van der Waals surface area contributed by atoms with Crippen LogP contribution in [-0.2, 0) is 0 Å². The lowest BCUT2D eigenvalue weighted by molar-refractivity contribution is 0.574. The highest BCUT2D eigenvalue weighted by atomic mass is 19.1. The Morgan fingerprint density at radius 3 is 2.67 bits per heavy atom. The van der Waals surface area contributed by atoms with E-state index in [0.717, 1.165) is 30.9 Å². The predicted octanol–water partition coefficient (Wildman–Crippen LogP) is 3.40. The summed E-state index contributed by atoms with van der Waals surface area (Å²) in [5.74, 6) is -1.53. The van der Waals surface area contributed by atoms with Crippen molar-refractivity contribution < 1.29 is 8.78 Å². The van der Waals surface area contributed by atoms with Crippen molar-refractivity contribution in [3.05, 3.63) is 41.0 Å². The number of nitrogens with zero attached hydrogens (tertiary/aromatic N) is 1. The van der Waals surface area contributed by atoms with E-state index in [0.29, 0.717) is 5.56 Å². The fourth-order valence-electron chi connectivity index (χ4n) is 1.82. The standard InChI is InChI=1S/C12H9F2N/c13-11-6-5-9(8-3-1-2-4-8)12(14)10(11)7-15/h3,5-6H,1-2,4H2. The zero-order chi connectivity index (χ0) is 10.8. The maximum Gasteiger partial charge on any atom is 0.151 e. The maximum atomic E-state index is 13.7. The van der Waals surface area contributed by atoms with Crippen LogP contribution in [0.2, 0.25) is 0 Å². The Morgan fingerprint density at radius 2 is 2.07 bits per heavy atom. The van der Waals surface area contributed by atoms with Crippen molar-refractivity contribution in [2.24, 2.45) is 0 Å². The van der Waals surface area contributed by atoms with Crippen molar-refractivity contribution in [1.29, 1.82) is 5.26 Å². The normalized spacial score (nSPS) is 14.9. The first-order chi connectivity index (χ1) is 7.24. The van der Waals surface area contributed by atoms with Gasteiger partial charge in [-0.25, -0.2) is 8.78 Å². The van der Waals surface area contributed by atoms with E-state index < -0.39 is 17.2 Å². The minimum atomic E-state index is -0.794. The summed E-state index contributed by atoms with van der Waals surface area (Å²) in [6.07, 6.45) is 4.66. The molecule has 15 heavy (non-hydrogen) atoms. The van der Waals surface area contributed by atoms with Crippen molar-refractivity contribution in [2.45, 2.75) is 19.3 Å². The second-order valence-electron chi connectivity index (χ2n) is 3.52. The van der Waals surface area contributed by atoms with E-state index in [1.54, 1.807) is 6.07 Å². The molecule has 2 rings (SSSR count). The van der Waals surface area contributed by atoms with Crippen molar-refractivity contribution in [2.75, 3.05) is 0 Å². The second kappa shape index (κ2) is 3.82. The molecular weight excluding hydrogens is 196 g/mol. The molecule has 1 aromatic rings. The molecule has 0 radical (unpaired) electrons. The smallest absolute Gasteiger partial charge is 0.151 e. The average molecular weight is 205 g/mol. The first kappa shape index (κ1) is 9.85. The highest BCUT2D eigenvalue weighted by molar-refractivity contribution is 5.69. The Hall–Kier alpha value is -1.69. The Kier molecular flexibility index (Phi) is 2.51. The lowest BCUT2D eigenvalue weighted by Gasteiger charge is -2.05. The number of rotatable bonds is 1. The number of benzene rings is 1. The van der Waals surface area contributed by atoms with Crippen LogP contribution in [0.5, 0.6) is 0 Å². The molecule has 1 aromatic carbocycles. The molecule has 0 saturated carbocycles. The summed E-state index contributed by atoms with van der Waals surface area (Å²) in [5.41, 5.74) is 0.759. The van der Waals surface area contributed by atoms with Crippen LogP contribution in [0, 0.1) is 23.0 Å². The second-order valence-corrected chi connectivity index (χ2v) is 3.52. The lowest BCUT2D eigenvalue weighted by atomic mass is 10.0. The molecule has 1 aliphatic carbocycles. The minimum Gasteiger partial charge on any atom is -0.205 e. The van der Waals surface area contributed by atoms with E-state index in [4.69, 9.17) is 5.26 Å². The van der Waals surface area contributed by atoms with Gasteiger partial charge in [-0.1, -0.05) is 6.08 Å². The van der Waals surface area contributed by atoms with Crippen LogP contribution in [0.1, 0.15) is 30.4 Å². The van der Waals surface area contributed by atoms with Crippen molar-refractivity contribution in [3.8, 4) is 6.07 Å². The van der Waals surface area contributed by atoms with E-state index in [-0.39, 0.29) is 0 Å². The zero-order valence-corrected chi connectivity index (χ0v) is 8.06. The molecule has 76 valence electrons. The Bertz CT molecular complexity index is 469. The van der Waals surface area contributed by atoms with Crippen LogP contribution < -0.4 is 0 Å². The van der Waals surface area contributed by atoms with Gasteiger partial charge in [0.2, 0.25) is 0 Å². The number of nitriles is 1. The van der Waals surface area contributed by atoms with Gasteiger partial charge < -0.3 is 0 Å². The number of hydrogen-bond donors (Lipinski definition) is 0. The topological polar surface area (TPSA) is 23.8 Å². The third-order valence-corrected chi connectivity index (χ3v) is 2.59. The summed E-state index contributed by atoms with van der Waals surface area (Å²) in [7, 11) is 0. The SMILES string of the molecule is N#Cc1c(F)ccc(C2=CCCC2)c1F. The summed E-state index contributed by atoms with van der Waals surface area (Å²) in [6, 6.07) is 4.10. The highest BCUT2D eigenvalue weighted by Gasteiger charge is 2.17. The summed E-state index contributed by atoms with van der Waals surface area (Å²) in [6.45, 7) is 0. The average Bonchev–Trinajstić information content (AvgIpc) is 2.71. The molecule has 0 N–H and O–H groups in total. The summed E-state index contributed by atoms with van der Waals surface area (Å²) in [5, 5.41) is 8.62. The predicted molar refractivity (Wildman–Crippen MR) is 52.9 cm³/mol. The molecule has 0 heterocycles. The fourth-order valence-corrected chi connectivity index (χ4v) is 1.82. The van der Waals surface area contributed by atoms with E-state index in [2.05, 4.69) is 0 Å². The quantitative estimate of drug-likeness (QED) is 0.689. The van der Waals surface area contributed by atoms with Crippen LogP contribution in [0.4, 0.5) is 8.78 Å². The van der Waals surface area contributed by atoms with E-state index in [1.807, 2.05) is 6.08 Å². The molecule has 1 nitrogen and oxygen atoms in total. The van der Waals surface area contributed by atoms with Crippen LogP contribution in [0.25, 0.3) is 5.57 Å². The Balaban J connectivity index is 2.55. The lowest BCUT2D eigenvalue weighted by Crippen LogP contribution is -1.96. The highest BCUT2D eigenvalue weighted by Crippen LogP contribution is 2.30. The molecular formula is C12H9F2N. The molecule has 0 aliphatic heterocycles. The summed E-state index contributed by atoms with van der Waals surface area (Å²) in [4.78, 5) is 0. The molecule has 0 fully saturated rings. The van der Waals surface area contributed by atoms with Gasteiger partial charge in [0.25, 0.3) is 0 Å². The van der Waals surface area contributed by atoms with E-state index >= 15 is 0 Å². The first-order valence-corrected chi connectivity index (χ1v) is 4.81. The molecule has 0 amide bonds. The van der Waals surface area contributed by atoms with Gasteiger partial charge in [-0.3, -0.25) is 0 Å². The van der Waals surface area contributed by atoms with Crippen molar-refractivity contribution in [3.63, 3.8) is 0 Å². The molecule has 0 atom stereocenters. The van der Waals surface area contributed by atoms with Gasteiger partial charge in [-0.05, 0) is 37.0 Å². The van der Waals surface area contributed by atoms with Gasteiger partial charge in [0.1, 0.15) is 17.4 Å². The first-order valence-electron chi connectivity index (χ1n) is 4.81. The van der Waals surface area contributed by atoms with Crippen LogP contribution >= 0.6 is 0 Å². The molecule has 0 spiro atoms. The van der Waals surface area contributed by atoms with Crippen molar-refractivity contribution in [1.82, 2.24) is 0 Å². The van der Waals surface area contributed by atoms with Gasteiger partial charge in [-0.15, -0.1) is 0 Å². The zero-order valence-electron chi connectivity index (χ0n) is 8.06. The van der Waals surface area contributed by atoms with Gasteiger partial charge in [0.15, 0.2) is 5.82 Å². The third-order valence-electron chi connectivity index (χ3n) is 2.59. The van der Waals surface area contributed by atoms with Crippen LogP contribution in [-0.4, -0.2) is 0 Å². The Labute approximate surface area is 86.6 Å². The molecule has 3 heteroatoms. The summed E-state index contributed by atoms with van der Waals surface area (Å²) >= 11 is 0. The van der Waals surface area contributed by atoms with E-state index in [1.165, 1.54) is 6.07 Å². The number of allylic oxidation sites excluding steroid dienone is 2. The maximum absolute atomic E-state index is 13.7. The molecule has 1 aliphatic rings. The van der Waals surface area contributed by atoms with Crippen molar-refractivity contribution >= 4 is 5.57 Å². The molecule has 0 aromatic heterocycles. The molecule has 0 unspecified atom stereocenters. The molecule has 0 saturated heterocycles. The van der Waals surface area contributed by atoms with E-state index in [9.17, 15) is 8.78 Å². The Morgan fingerprint density at radius 1 is 1.27 bits per heavy atom. The van der Waals surface area contributed by atoms with Crippen LogP contribution in [0.3, 0.4) is 0 Å². The number of halogens is 2. The minimum absolute atomic E-state index is 0.366. The largest absolute Gasteiger partial charge is 0.205 e. The molecule has 0 bridgehead atoms. The number of hydrogen-bond acceptors (Lipinski definition) is 1. The van der Waals surface area contributed by atoms with Gasteiger partial charge in [-0.2, -0.15) is 5.26 Å². The van der Waals surface area contributed by atoms with Gasteiger partial charge >= 0.3 is 0 Å². The van der Waals surface area contributed by atoms with Gasteiger partial charge in [0.05, 0.1) is 0 Å². The van der Waals surface area contributed by atoms with Gasteiger partial charge in [0, 0.05) is 5.56 Å². The summed E-state index contributed by atoms with van der Waals surface area (Å²) < 4.78 is 26.7. The van der Waals surface area contributed by atoms with Crippen LogP contribution in [0.15, 0.2) is 18.2 Å².